The summed E-state index contributed by atoms with van der Waals surface area (Å²) in [5.41, 5.74) is 1.34. The van der Waals surface area contributed by atoms with Crippen molar-refractivity contribution in [2.24, 2.45) is 7.05 Å². The minimum Gasteiger partial charge on any atom is -0.309 e. The Kier molecular flexibility index (Phi) is 4.91. The molecule has 3 aromatic heterocycles. The lowest BCUT2D eigenvalue weighted by Crippen LogP contribution is -2.04. The maximum absolute atomic E-state index is 12.7. The molecule has 0 saturated carbocycles. The number of hydrogen-bond acceptors (Lipinski definition) is 6. The first-order chi connectivity index (χ1) is 13.9. The Morgan fingerprint density at radius 2 is 1.90 bits per heavy atom. The Balaban J connectivity index is 1.54. The molecule has 11 heteroatoms. The van der Waals surface area contributed by atoms with Crippen molar-refractivity contribution < 1.29 is 13.2 Å². The third-order valence-corrected chi connectivity index (χ3v) is 5.34. The number of alkyl halides is 3. The molecule has 0 bridgehead atoms. The maximum atomic E-state index is 12.7. The second-order valence-electron chi connectivity index (χ2n) is 6.27. The first-order valence-electron chi connectivity index (χ1n) is 8.69. The molecule has 0 saturated heterocycles. The Hall–Kier alpha value is -3.08. The number of benzene rings is 1. The summed E-state index contributed by atoms with van der Waals surface area (Å²) in [5.74, 6) is 0.669. The summed E-state index contributed by atoms with van der Waals surface area (Å²) < 4.78 is 44.1. The predicted molar refractivity (Wildman–Crippen MR) is 104 cm³/mol. The summed E-state index contributed by atoms with van der Waals surface area (Å²) in [6.45, 7) is 2.08. The minimum atomic E-state index is -4.45. The summed E-state index contributed by atoms with van der Waals surface area (Å²) in [6.07, 6.45) is -0.149. The molecule has 0 atom stereocenters. The third-order valence-electron chi connectivity index (χ3n) is 4.37. The fraction of sp³-hybridized carbons (Fsp3) is 0.222. The molecular formula is C18H16F3N7S. The van der Waals surface area contributed by atoms with E-state index >= 15 is 0 Å². The van der Waals surface area contributed by atoms with E-state index in [-0.39, 0.29) is 5.82 Å². The van der Waals surface area contributed by atoms with Crippen LogP contribution >= 0.6 is 11.9 Å². The van der Waals surface area contributed by atoms with Crippen LogP contribution in [0.4, 0.5) is 19.0 Å². The zero-order chi connectivity index (χ0) is 20.6. The second-order valence-corrected chi connectivity index (χ2v) is 7.08. The number of aryl methyl sites for hydroxylation is 2. The van der Waals surface area contributed by atoms with Gasteiger partial charge in [0.1, 0.15) is 0 Å². The average molecular weight is 419 g/mol. The van der Waals surface area contributed by atoms with E-state index in [4.69, 9.17) is 0 Å². The lowest BCUT2D eigenvalue weighted by Gasteiger charge is -2.11. The number of fused-ring (bicyclic) bond motifs is 1. The van der Waals surface area contributed by atoms with Crippen LogP contribution in [0.15, 0.2) is 47.8 Å². The highest BCUT2D eigenvalue weighted by molar-refractivity contribution is 8.00. The lowest BCUT2D eigenvalue weighted by molar-refractivity contribution is -0.137. The van der Waals surface area contributed by atoms with Crippen LogP contribution in [0.2, 0.25) is 0 Å². The molecular weight excluding hydrogens is 403 g/mol. The van der Waals surface area contributed by atoms with Crippen molar-refractivity contribution >= 4 is 28.7 Å². The van der Waals surface area contributed by atoms with Gasteiger partial charge in [0, 0.05) is 18.6 Å². The van der Waals surface area contributed by atoms with Crippen molar-refractivity contribution in [1.29, 1.82) is 0 Å². The first kappa shape index (κ1) is 19.2. The van der Waals surface area contributed by atoms with E-state index in [1.165, 1.54) is 17.5 Å². The van der Waals surface area contributed by atoms with Crippen LogP contribution in [0.25, 0.3) is 16.7 Å². The van der Waals surface area contributed by atoms with Gasteiger partial charge in [0.15, 0.2) is 11.6 Å². The smallest absolute Gasteiger partial charge is 0.309 e. The topological polar surface area (TPSA) is 73.5 Å². The molecule has 0 spiro atoms. The number of nitrogens with zero attached hydrogens (tertiary/aromatic N) is 6. The van der Waals surface area contributed by atoms with Crippen LogP contribution in [0.3, 0.4) is 0 Å². The van der Waals surface area contributed by atoms with Gasteiger partial charge in [-0.1, -0.05) is 19.1 Å². The molecule has 0 unspecified atom stereocenters. The van der Waals surface area contributed by atoms with Gasteiger partial charge in [0.25, 0.3) is 0 Å². The largest absolute Gasteiger partial charge is 0.419 e. The van der Waals surface area contributed by atoms with Gasteiger partial charge in [-0.05, 0) is 36.1 Å². The Morgan fingerprint density at radius 1 is 1.07 bits per heavy atom. The molecule has 0 fully saturated rings. The fourth-order valence-electron chi connectivity index (χ4n) is 2.86. The summed E-state index contributed by atoms with van der Waals surface area (Å²) in [7, 11) is 1.89. The monoisotopic (exact) mass is 419 g/mol. The molecule has 0 aliphatic carbocycles. The van der Waals surface area contributed by atoms with Crippen LogP contribution < -0.4 is 4.72 Å². The molecule has 4 aromatic rings. The van der Waals surface area contributed by atoms with E-state index < -0.39 is 11.7 Å². The van der Waals surface area contributed by atoms with Crippen molar-refractivity contribution in [3.8, 4) is 5.82 Å². The molecule has 0 aliphatic heterocycles. The highest BCUT2D eigenvalue weighted by Crippen LogP contribution is 2.32. The third kappa shape index (κ3) is 3.77. The van der Waals surface area contributed by atoms with Gasteiger partial charge in [-0.15, -0.1) is 10.2 Å². The summed E-state index contributed by atoms with van der Waals surface area (Å²) in [4.78, 5) is 1.04. The average Bonchev–Trinajstić information content (AvgIpc) is 3.34. The van der Waals surface area contributed by atoms with Gasteiger partial charge in [0.2, 0.25) is 0 Å². The number of nitrogens with one attached hydrogen (secondary N) is 1. The summed E-state index contributed by atoms with van der Waals surface area (Å²) in [6, 6.07) is 7.30. The van der Waals surface area contributed by atoms with E-state index in [0.29, 0.717) is 5.82 Å². The number of aromatic nitrogens is 6. The van der Waals surface area contributed by atoms with Gasteiger partial charge >= 0.3 is 6.18 Å². The molecule has 29 heavy (non-hydrogen) atoms. The zero-order valence-electron chi connectivity index (χ0n) is 15.5. The van der Waals surface area contributed by atoms with Gasteiger partial charge in [-0.3, -0.25) is 4.68 Å². The van der Waals surface area contributed by atoms with Gasteiger partial charge in [-0.2, -0.15) is 23.4 Å². The van der Waals surface area contributed by atoms with E-state index in [1.54, 1.807) is 12.1 Å². The first-order valence-corrected chi connectivity index (χ1v) is 9.51. The maximum Gasteiger partial charge on any atom is 0.419 e. The van der Waals surface area contributed by atoms with Gasteiger partial charge in [0.05, 0.1) is 28.4 Å². The Morgan fingerprint density at radius 3 is 2.55 bits per heavy atom. The highest BCUT2D eigenvalue weighted by atomic mass is 32.2. The van der Waals surface area contributed by atoms with E-state index in [2.05, 4.69) is 38.1 Å². The molecule has 1 N–H and O–H groups in total. The Labute approximate surface area is 168 Å². The van der Waals surface area contributed by atoms with Gasteiger partial charge < -0.3 is 4.72 Å². The molecule has 7 nitrogen and oxygen atoms in total. The van der Waals surface area contributed by atoms with Crippen LogP contribution in [-0.4, -0.2) is 29.8 Å². The van der Waals surface area contributed by atoms with Crippen LogP contribution in [0, 0.1) is 0 Å². The number of anilines is 1. The molecule has 4 rings (SSSR count). The normalized spacial score (nSPS) is 11.9. The fourth-order valence-corrected chi connectivity index (χ4v) is 3.87. The molecule has 1 aromatic carbocycles. The van der Waals surface area contributed by atoms with Crippen molar-refractivity contribution in [3.63, 3.8) is 0 Å². The zero-order valence-corrected chi connectivity index (χ0v) is 16.3. The molecule has 0 aliphatic rings. The van der Waals surface area contributed by atoms with Crippen molar-refractivity contribution in [2.45, 2.75) is 24.4 Å². The van der Waals surface area contributed by atoms with Crippen LogP contribution in [0.5, 0.6) is 0 Å². The van der Waals surface area contributed by atoms with Crippen LogP contribution in [-0.2, 0) is 19.6 Å². The molecule has 3 heterocycles. The minimum absolute atomic E-state index is 0.194. The second kappa shape index (κ2) is 7.39. The Bertz CT molecular complexity index is 1150. The predicted octanol–water partition coefficient (Wildman–Crippen LogP) is 4.25. The van der Waals surface area contributed by atoms with E-state index in [9.17, 15) is 13.2 Å². The van der Waals surface area contributed by atoms with E-state index in [1.807, 2.05) is 24.0 Å². The quantitative estimate of drug-likeness (QED) is 0.488. The van der Waals surface area contributed by atoms with Crippen molar-refractivity contribution in [2.75, 3.05) is 4.72 Å². The number of hydrogen-bond donors (Lipinski definition) is 1. The SMILES string of the molecule is CCc1ccc2cnn(C)c2c1SNc1ccc(-n2cc(C(F)(F)F)cn2)nn1. The van der Waals surface area contributed by atoms with Gasteiger partial charge in [-0.25, -0.2) is 4.68 Å². The van der Waals surface area contributed by atoms with Crippen molar-refractivity contribution in [3.05, 3.63) is 54.0 Å². The van der Waals surface area contributed by atoms with Crippen molar-refractivity contribution in [1.82, 2.24) is 29.8 Å². The lowest BCUT2D eigenvalue weighted by atomic mass is 10.1. The summed E-state index contributed by atoms with van der Waals surface area (Å²) >= 11 is 1.40. The molecule has 150 valence electrons. The molecule has 0 amide bonds. The molecule has 0 radical (unpaired) electrons. The van der Waals surface area contributed by atoms with Crippen LogP contribution in [0.1, 0.15) is 18.1 Å². The van der Waals surface area contributed by atoms with E-state index in [0.717, 1.165) is 39.3 Å². The summed E-state index contributed by atoms with van der Waals surface area (Å²) in [5, 5.41) is 17.0. The number of halogens is 3. The standard InChI is InChI=1S/C18H16F3N7S/c1-3-11-4-5-12-8-22-27(2)16(12)17(11)29-26-14-6-7-15(25-24-14)28-10-13(9-23-28)18(19,20)21/h4-10H,3H2,1-2H3,(H,24,26). The number of rotatable bonds is 5. The highest BCUT2D eigenvalue weighted by Gasteiger charge is 2.32.